The molecule has 13 heteroatoms. The molecule has 4 aromatic rings. The second-order valence-electron chi connectivity index (χ2n) is 7.84. The topological polar surface area (TPSA) is 140 Å². The van der Waals surface area contributed by atoms with E-state index in [4.69, 9.17) is 27.9 Å². The molecule has 190 valence electrons. The van der Waals surface area contributed by atoms with Crippen molar-refractivity contribution in [1.82, 2.24) is 0 Å². The fourth-order valence-corrected chi connectivity index (χ4v) is 4.64. The molecule has 0 spiro atoms. The molecule has 0 radical (unpaired) electrons. The molecule has 1 amide bonds. The Morgan fingerprint density at radius 1 is 1.03 bits per heavy atom. The van der Waals surface area contributed by atoms with Crippen molar-refractivity contribution >= 4 is 67.1 Å². The number of nitrogens with zero attached hydrogens (tertiary/aromatic N) is 2. The molecule has 0 bridgehead atoms. The molecule has 4 rings (SSSR count). The van der Waals surface area contributed by atoms with Gasteiger partial charge in [-0.3, -0.25) is 9.35 Å². The van der Waals surface area contributed by atoms with E-state index >= 15 is 0 Å². The summed E-state index contributed by atoms with van der Waals surface area (Å²) in [4.78, 5) is 12.5. The molecular formula is C25H18Cl2N3NaO6S. The number of aryl methyl sites for hydroxylation is 1. The molecule has 0 aliphatic carbocycles. The van der Waals surface area contributed by atoms with Crippen LogP contribution in [0.1, 0.15) is 15.9 Å². The molecule has 9 nitrogen and oxygen atoms in total. The van der Waals surface area contributed by atoms with Gasteiger partial charge in [0.15, 0.2) is 0 Å². The van der Waals surface area contributed by atoms with E-state index in [1.807, 2.05) is 0 Å². The van der Waals surface area contributed by atoms with Gasteiger partial charge in [-0.15, -0.1) is 5.11 Å². The predicted molar refractivity (Wildman–Crippen MR) is 140 cm³/mol. The summed E-state index contributed by atoms with van der Waals surface area (Å²) < 4.78 is 38.4. The van der Waals surface area contributed by atoms with E-state index in [9.17, 15) is 22.9 Å². The molecule has 38 heavy (non-hydrogen) atoms. The van der Waals surface area contributed by atoms with Gasteiger partial charge in [0.05, 0.1) is 28.5 Å². The number of anilines is 1. The monoisotopic (exact) mass is 581 g/mol. The van der Waals surface area contributed by atoms with Crippen LogP contribution in [0, 0.1) is 6.92 Å². The van der Waals surface area contributed by atoms with Crippen molar-refractivity contribution in [3.05, 3.63) is 81.8 Å². The van der Waals surface area contributed by atoms with Gasteiger partial charge >= 0.3 is 29.6 Å². The Morgan fingerprint density at radius 2 is 1.71 bits per heavy atom. The molecule has 0 heterocycles. The number of halogens is 2. The first-order chi connectivity index (χ1) is 17.5. The summed E-state index contributed by atoms with van der Waals surface area (Å²) in [6.07, 6.45) is 0. The van der Waals surface area contributed by atoms with Crippen LogP contribution in [0.15, 0.2) is 75.8 Å². The average molecular weight is 582 g/mol. The van der Waals surface area contributed by atoms with Gasteiger partial charge in [-0.05, 0) is 42.1 Å². The van der Waals surface area contributed by atoms with Gasteiger partial charge in [0, 0.05) is 17.0 Å². The number of azo groups is 1. The number of nitrogens with one attached hydrogen (secondary N) is 1. The van der Waals surface area contributed by atoms with Crippen LogP contribution in [0.4, 0.5) is 17.1 Å². The van der Waals surface area contributed by atoms with Gasteiger partial charge < -0.3 is 15.2 Å². The number of hydrogen-bond donors (Lipinski definition) is 2. The molecule has 0 saturated heterocycles. The van der Waals surface area contributed by atoms with Crippen LogP contribution >= 0.6 is 23.2 Å². The number of hydrogen-bond acceptors (Lipinski definition) is 7. The molecular weight excluding hydrogens is 564 g/mol. The largest absolute Gasteiger partial charge is 1.00 e. The Kier molecular flexibility index (Phi) is 9.43. The van der Waals surface area contributed by atoms with Gasteiger partial charge in [-0.1, -0.05) is 59.3 Å². The standard InChI is InChI=1S/C25H19Cl2N3O6S.Na/c1-13-7-10-20(37(33,34)35)23(21(13)27)30-29-22-16-6-4-3-5-14(16)11-17(24(22)31)25(32)28-19-9-8-15(36-2)12-18(19)26;/h3-12,31H,1-2H3,(H,28,32)(H,33,34,35);/q;+1/p-1. The Bertz CT molecular complexity index is 1700. The molecule has 0 saturated carbocycles. The summed E-state index contributed by atoms with van der Waals surface area (Å²) in [7, 11) is -3.22. The summed E-state index contributed by atoms with van der Waals surface area (Å²) in [5, 5.41) is 24.9. The molecule has 2 N–H and O–H groups in total. The zero-order valence-electron chi connectivity index (χ0n) is 20.3. The van der Waals surface area contributed by atoms with Crippen molar-refractivity contribution in [3.8, 4) is 11.5 Å². The number of fused-ring (bicyclic) bond motifs is 1. The first-order valence-corrected chi connectivity index (χ1v) is 12.8. The maximum atomic E-state index is 13.4. The van der Waals surface area contributed by atoms with Crippen molar-refractivity contribution in [2.75, 3.05) is 12.4 Å². The molecule has 0 aliphatic heterocycles. The predicted octanol–water partition coefficient (Wildman–Crippen LogP) is 3.46. The van der Waals surface area contributed by atoms with Crippen LogP contribution in [0.2, 0.25) is 10.0 Å². The summed E-state index contributed by atoms with van der Waals surface area (Å²) in [5.74, 6) is -1.02. The number of methoxy groups -OCH3 is 1. The molecule has 0 atom stereocenters. The van der Waals surface area contributed by atoms with E-state index in [0.29, 0.717) is 22.1 Å². The van der Waals surface area contributed by atoms with E-state index in [-0.39, 0.29) is 62.2 Å². The van der Waals surface area contributed by atoms with Gasteiger partial charge in [0.2, 0.25) is 0 Å². The quantitative estimate of drug-likeness (QED) is 0.203. The number of ether oxygens (including phenoxy) is 1. The van der Waals surface area contributed by atoms with Gasteiger partial charge in [0.1, 0.15) is 16.3 Å². The molecule has 0 fully saturated rings. The average Bonchev–Trinajstić information content (AvgIpc) is 2.85. The summed E-state index contributed by atoms with van der Waals surface area (Å²) in [6.45, 7) is 1.61. The van der Waals surface area contributed by atoms with Crippen molar-refractivity contribution < 1.29 is 57.2 Å². The maximum absolute atomic E-state index is 13.4. The minimum absolute atomic E-state index is 0. The minimum atomic E-state index is -4.70. The summed E-state index contributed by atoms with van der Waals surface area (Å²) in [5.41, 5.74) is -0.0763. The minimum Gasteiger partial charge on any atom is -0.870 e. The third-order valence-electron chi connectivity index (χ3n) is 5.44. The first-order valence-electron chi connectivity index (χ1n) is 10.6. The number of benzene rings is 4. The Labute approximate surface area is 250 Å². The van der Waals surface area contributed by atoms with Crippen molar-refractivity contribution in [3.63, 3.8) is 0 Å². The molecule has 0 unspecified atom stereocenters. The fourth-order valence-electron chi connectivity index (χ4n) is 3.54. The Hall–Kier alpha value is -2.70. The molecule has 0 aliphatic rings. The molecule has 0 aromatic heterocycles. The first kappa shape index (κ1) is 29.9. The maximum Gasteiger partial charge on any atom is 1.00 e. The number of carbonyl (C=O) groups is 1. The van der Waals surface area contributed by atoms with Crippen molar-refractivity contribution in [1.29, 1.82) is 0 Å². The third kappa shape index (κ3) is 6.13. The summed E-state index contributed by atoms with van der Waals surface area (Å²) in [6, 6.07) is 15.2. The number of rotatable bonds is 6. The second-order valence-corrected chi connectivity index (χ2v) is 10.0. The van der Waals surface area contributed by atoms with Gasteiger partial charge in [-0.25, -0.2) is 0 Å². The van der Waals surface area contributed by atoms with Crippen molar-refractivity contribution in [2.24, 2.45) is 10.2 Å². The number of amides is 1. The van der Waals surface area contributed by atoms with Crippen LogP contribution in [-0.2, 0) is 10.1 Å². The second kappa shape index (κ2) is 12.0. The van der Waals surface area contributed by atoms with E-state index in [2.05, 4.69) is 15.5 Å². The third-order valence-corrected chi connectivity index (χ3v) is 7.12. The molecule has 4 aromatic carbocycles. The zero-order valence-corrected chi connectivity index (χ0v) is 24.6. The van der Waals surface area contributed by atoms with Crippen LogP contribution < -0.4 is 44.7 Å². The van der Waals surface area contributed by atoms with E-state index in [1.54, 1.807) is 37.3 Å². The zero-order chi connectivity index (χ0) is 26.9. The summed E-state index contributed by atoms with van der Waals surface area (Å²) >= 11 is 12.5. The van der Waals surface area contributed by atoms with Gasteiger partial charge in [0.25, 0.3) is 16.0 Å². The number of carbonyl (C=O) groups excluding carboxylic acids is 1. The van der Waals surface area contributed by atoms with E-state index in [1.165, 1.54) is 31.4 Å². The van der Waals surface area contributed by atoms with E-state index in [0.717, 1.165) is 6.07 Å². The van der Waals surface area contributed by atoms with Crippen molar-refractivity contribution in [2.45, 2.75) is 11.8 Å². The van der Waals surface area contributed by atoms with Crippen LogP contribution in [-0.4, -0.2) is 26.0 Å². The van der Waals surface area contributed by atoms with Crippen LogP contribution in [0.3, 0.4) is 0 Å². The smallest absolute Gasteiger partial charge is 0.870 e. The van der Waals surface area contributed by atoms with Crippen LogP contribution in [0.5, 0.6) is 11.5 Å². The van der Waals surface area contributed by atoms with Gasteiger partial charge in [-0.2, -0.15) is 13.5 Å². The normalized spacial score (nSPS) is 11.4. The SMILES string of the molecule is COc1ccc(NC(=O)c2cc3ccccc3c(N=Nc3c(S(=O)(=O)O)ccc(C)c3Cl)c2[O-])c(Cl)c1.[Na+]. The van der Waals surface area contributed by atoms with Crippen LogP contribution in [0.25, 0.3) is 10.8 Å². The Balaban J connectivity index is 0.00000400. The fraction of sp³-hybridized carbons (Fsp3) is 0.0800. The Morgan fingerprint density at radius 3 is 2.37 bits per heavy atom. The van der Waals surface area contributed by atoms with E-state index < -0.39 is 26.7 Å².